The molecule has 1 heterocycles. The van der Waals surface area contributed by atoms with E-state index in [1.807, 2.05) is 6.92 Å². The smallest absolute Gasteiger partial charge is 0.235 e. The zero-order valence-corrected chi connectivity index (χ0v) is 16.0. The summed E-state index contributed by atoms with van der Waals surface area (Å²) in [6.07, 6.45) is 5.44. The van der Waals surface area contributed by atoms with E-state index < -0.39 is 0 Å². The normalized spacial score (nSPS) is 35.3. The number of benzene rings is 1. The van der Waals surface area contributed by atoms with E-state index in [1.165, 1.54) is 16.7 Å². The van der Waals surface area contributed by atoms with E-state index in [4.69, 9.17) is 11.6 Å². The van der Waals surface area contributed by atoms with Crippen molar-refractivity contribution in [2.45, 2.75) is 20.3 Å². The first-order valence-corrected chi connectivity index (χ1v) is 9.84. The minimum Gasteiger partial charge on any atom is -0.294 e. The van der Waals surface area contributed by atoms with Gasteiger partial charge in [0.2, 0.25) is 17.7 Å². The number of carbonyl (C=O) groups excluding carboxylic acids is 3. The lowest BCUT2D eigenvalue weighted by atomic mass is 9.63. The van der Waals surface area contributed by atoms with Crippen molar-refractivity contribution in [3.63, 3.8) is 0 Å². The predicted molar refractivity (Wildman–Crippen MR) is 101 cm³/mol. The molecule has 6 atom stereocenters. The fourth-order valence-corrected chi connectivity index (χ4v) is 5.70. The molecule has 5 aliphatic rings. The SMILES string of the molecule is CC(=O)N(CN1C(=O)[C@@H]2[C@@H]3C=C[C@H]([C@@H]4C[C@H]34)[C@H]2C1=O)c1cccc(Cl)c1C. The van der Waals surface area contributed by atoms with E-state index >= 15 is 0 Å². The first kappa shape index (κ1) is 17.0. The average Bonchev–Trinajstić information content (AvgIpc) is 3.42. The Morgan fingerprint density at radius 3 is 2.30 bits per heavy atom. The van der Waals surface area contributed by atoms with E-state index in [2.05, 4.69) is 12.2 Å². The molecule has 6 heteroatoms. The minimum atomic E-state index is -0.245. The van der Waals surface area contributed by atoms with E-state index in [0.717, 1.165) is 12.0 Å². The van der Waals surface area contributed by atoms with Crippen LogP contribution in [-0.2, 0) is 14.4 Å². The van der Waals surface area contributed by atoms with Crippen molar-refractivity contribution in [3.8, 4) is 0 Å². The van der Waals surface area contributed by atoms with Crippen LogP contribution >= 0.6 is 11.6 Å². The van der Waals surface area contributed by atoms with Gasteiger partial charge in [0, 0.05) is 17.6 Å². The van der Waals surface area contributed by atoms with Gasteiger partial charge in [0.25, 0.3) is 0 Å². The molecule has 1 aliphatic heterocycles. The van der Waals surface area contributed by atoms with E-state index in [1.54, 1.807) is 18.2 Å². The molecule has 0 aromatic heterocycles. The summed E-state index contributed by atoms with van der Waals surface area (Å²) in [5.74, 6) is 0.543. The highest BCUT2D eigenvalue weighted by Crippen LogP contribution is 2.65. The van der Waals surface area contributed by atoms with E-state index in [0.29, 0.717) is 22.5 Å². The summed E-state index contributed by atoms with van der Waals surface area (Å²) in [6, 6.07) is 5.32. The number of allylic oxidation sites excluding steroid dienone is 2. The maximum absolute atomic E-state index is 13.2. The quantitative estimate of drug-likeness (QED) is 0.594. The summed E-state index contributed by atoms with van der Waals surface area (Å²) in [7, 11) is 0. The fourth-order valence-electron chi connectivity index (χ4n) is 5.53. The van der Waals surface area contributed by atoms with Crippen LogP contribution in [0.5, 0.6) is 0 Å². The second-order valence-electron chi connectivity index (χ2n) is 8.23. The topological polar surface area (TPSA) is 57.7 Å². The lowest BCUT2D eigenvalue weighted by Crippen LogP contribution is -2.44. The van der Waals surface area contributed by atoms with Crippen LogP contribution in [0.3, 0.4) is 0 Å². The van der Waals surface area contributed by atoms with Crippen molar-refractivity contribution in [1.29, 1.82) is 0 Å². The maximum Gasteiger partial charge on any atom is 0.235 e. The number of imide groups is 1. The molecule has 3 fully saturated rings. The Morgan fingerprint density at radius 2 is 1.74 bits per heavy atom. The van der Waals surface area contributed by atoms with Crippen LogP contribution in [0.4, 0.5) is 5.69 Å². The standard InChI is InChI=1S/C21H21ClN2O3/c1-10-16(22)4-3-5-17(10)23(11(2)25)9-24-20(26)18-12-6-7-13(15-8-14(12)15)19(18)21(24)27/h3-7,12-15,18-19H,8-9H2,1-2H3/t12-,13-,14-,15+,18-,19-/m1/s1. The number of nitrogens with zero attached hydrogens (tertiary/aromatic N) is 2. The van der Waals surface area contributed by atoms with Crippen molar-refractivity contribution >= 4 is 35.0 Å². The second-order valence-corrected chi connectivity index (χ2v) is 8.64. The van der Waals surface area contributed by atoms with Gasteiger partial charge in [0.15, 0.2) is 0 Å². The summed E-state index contributed by atoms with van der Waals surface area (Å²) in [6.45, 7) is 3.23. The monoisotopic (exact) mass is 384 g/mol. The highest BCUT2D eigenvalue weighted by molar-refractivity contribution is 6.31. The molecule has 1 saturated heterocycles. The molecule has 0 N–H and O–H groups in total. The molecule has 27 heavy (non-hydrogen) atoms. The molecule has 4 aliphatic carbocycles. The Hall–Kier alpha value is -2.14. The second kappa shape index (κ2) is 5.68. The molecule has 2 bridgehead atoms. The lowest BCUT2D eigenvalue weighted by Gasteiger charge is -2.37. The molecule has 140 valence electrons. The number of likely N-dealkylation sites (tertiary alicyclic amines) is 1. The van der Waals surface area contributed by atoms with Gasteiger partial charge in [-0.05, 0) is 54.7 Å². The molecule has 0 spiro atoms. The molecule has 0 unspecified atom stereocenters. The van der Waals surface area contributed by atoms with Crippen molar-refractivity contribution in [1.82, 2.24) is 4.90 Å². The van der Waals surface area contributed by atoms with Gasteiger partial charge >= 0.3 is 0 Å². The molecule has 3 amide bonds. The van der Waals surface area contributed by atoms with Crippen molar-refractivity contribution in [2.75, 3.05) is 11.6 Å². The Morgan fingerprint density at radius 1 is 1.15 bits per heavy atom. The largest absolute Gasteiger partial charge is 0.294 e. The zero-order valence-electron chi connectivity index (χ0n) is 15.3. The molecule has 1 aromatic rings. The van der Waals surface area contributed by atoms with E-state index in [9.17, 15) is 14.4 Å². The number of hydrogen-bond acceptors (Lipinski definition) is 3. The van der Waals surface area contributed by atoms with Gasteiger partial charge in [0.1, 0.15) is 6.67 Å². The van der Waals surface area contributed by atoms with Crippen LogP contribution in [0.1, 0.15) is 18.9 Å². The minimum absolute atomic E-state index is 0.0457. The number of hydrogen-bond donors (Lipinski definition) is 0. The summed E-state index contributed by atoms with van der Waals surface area (Å²) >= 11 is 6.21. The Balaban J connectivity index is 1.47. The number of rotatable bonds is 3. The van der Waals surface area contributed by atoms with Crippen molar-refractivity contribution < 1.29 is 14.4 Å². The number of anilines is 1. The van der Waals surface area contributed by atoms with Gasteiger partial charge in [-0.3, -0.25) is 24.2 Å². The number of amides is 3. The molecule has 1 aromatic carbocycles. The first-order chi connectivity index (χ1) is 12.9. The van der Waals surface area contributed by atoms with Crippen molar-refractivity contribution in [3.05, 3.63) is 40.9 Å². The molecular weight excluding hydrogens is 364 g/mol. The summed E-state index contributed by atoms with van der Waals surface area (Å²) in [4.78, 5) is 41.4. The van der Waals surface area contributed by atoms with Gasteiger partial charge in [0.05, 0.1) is 11.8 Å². The van der Waals surface area contributed by atoms with Gasteiger partial charge < -0.3 is 0 Å². The Bertz CT molecular complexity index is 875. The Labute approximate surface area is 163 Å². The van der Waals surface area contributed by atoms with Gasteiger partial charge in [-0.15, -0.1) is 0 Å². The van der Waals surface area contributed by atoms with Gasteiger partial charge in [-0.25, -0.2) is 0 Å². The summed E-state index contributed by atoms with van der Waals surface area (Å²) in [5.41, 5.74) is 1.39. The van der Waals surface area contributed by atoms with Crippen LogP contribution in [0.15, 0.2) is 30.4 Å². The zero-order chi connectivity index (χ0) is 19.0. The average molecular weight is 385 g/mol. The molecule has 5 nitrogen and oxygen atoms in total. The van der Waals surface area contributed by atoms with Crippen LogP contribution in [0.25, 0.3) is 0 Å². The molecule has 2 saturated carbocycles. The number of halogens is 1. The lowest BCUT2D eigenvalue weighted by molar-refractivity contribution is -0.140. The first-order valence-electron chi connectivity index (χ1n) is 9.47. The third-order valence-corrected chi connectivity index (χ3v) is 7.36. The van der Waals surface area contributed by atoms with Crippen LogP contribution in [0, 0.1) is 42.4 Å². The highest BCUT2D eigenvalue weighted by Gasteiger charge is 2.67. The van der Waals surface area contributed by atoms with Crippen LogP contribution < -0.4 is 4.90 Å². The summed E-state index contributed by atoms with van der Waals surface area (Å²) < 4.78 is 0. The molecular formula is C21H21ClN2O3. The predicted octanol–water partition coefficient (Wildman–Crippen LogP) is 3.01. The molecule has 6 rings (SSSR count). The van der Waals surface area contributed by atoms with Crippen LogP contribution in [0.2, 0.25) is 5.02 Å². The summed E-state index contributed by atoms with van der Waals surface area (Å²) in [5, 5.41) is 0.550. The Kier molecular flexibility index (Phi) is 3.57. The van der Waals surface area contributed by atoms with Crippen LogP contribution in [-0.4, -0.2) is 29.3 Å². The fraction of sp³-hybridized carbons (Fsp3) is 0.476. The molecule has 0 radical (unpaired) electrons. The number of carbonyl (C=O) groups is 3. The highest BCUT2D eigenvalue weighted by atomic mass is 35.5. The van der Waals surface area contributed by atoms with E-state index in [-0.39, 0.29) is 48.1 Å². The third-order valence-electron chi connectivity index (χ3n) is 6.95. The van der Waals surface area contributed by atoms with Crippen molar-refractivity contribution in [2.24, 2.45) is 35.5 Å². The maximum atomic E-state index is 13.2. The van der Waals surface area contributed by atoms with Gasteiger partial charge in [-0.1, -0.05) is 29.8 Å². The van der Waals surface area contributed by atoms with Gasteiger partial charge in [-0.2, -0.15) is 0 Å². The third kappa shape index (κ3) is 2.27.